The van der Waals surface area contributed by atoms with E-state index >= 15 is 0 Å². The number of nitrogens with one attached hydrogen (secondary N) is 1. The van der Waals surface area contributed by atoms with E-state index in [0.717, 1.165) is 53.2 Å². The van der Waals surface area contributed by atoms with E-state index in [9.17, 15) is 9.59 Å². The van der Waals surface area contributed by atoms with Crippen LogP contribution in [0.4, 0.5) is 5.69 Å². The highest BCUT2D eigenvalue weighted by atomic mass is 32.1. The summed E-state index contributed by atoms with van der Waals surface area (Å²) in [5, 5.41) is 8.22. The number of nitrogens with zero attached hydrogens (tertiary/aromatic N) is 4. The van der Waals surface area contributed by atoms with Crippen molar-refractivity contribution in [3.8, 4) is 5.69 Å². The Hall–Kier alpha value is -3.26. The van der Waals surface area contributed by atoms with Gasteiger partial charge in [0, 0.05) is 4.88 Å². The Kier molecular flexibility index (Phi) is 5.38. The number of thiophene rings is 1. The Morgan fingerprint density at radius 3 is 2.72 bits per heavy atom. The molecule has 0 saturated carbocycles. The number of amides is 1. The van der Waals surface area contributed by atoms with Crippen LogP contribution in [0, 0.1) is 13.8 Å². The molecule has 164 valence electrons. The van der Waals surface area contributed by atoms with Gasteiger partial charge in [-0.2, -0.15) is 5.10 Å². The molecule has 0 saturated heterocycles. The maximum absolute atomic E-state index is 13.2. The minimum Gasteiger partial charge on any atom is -0.321 e. The number of benzene rings is 1. The van der Waals surface area contributed by atoms with E-state index in [1.807, 2.05) is 48.9 Å². The zero-order valence-corrected chi connectivity index (χ0v) is 19.0. The monoisotopic (exact) mass is 447 g/mol. The molecule has 0 fully saturated rings. The Morgan fingerprint density at radius 1 is 1.12 bits per heavy atom. The number of carbonyl (C=O) groups is 1. The van der Waals surface area contributed by atoms with Crippen molar-refractivity contribution in [3.05, 3.63) is 68.8 Å². The lowest BCUT2D eigenvalue weighted by Crippen LogP contribution is -2.28. The summed E-state index contributed by atoms with van der Waals surface area (Å²) in [5.41, 5.74) is 4.18. The summed E-state index contributed by atoms with van der Waals surface area (Å²) >= 11 is 1.63. The van der Waals surface area contributed by atoms with Crippen molar-refractivity contribution in [2.45, 2.75) is 52.5 Å². The number of anilines is 1. The molecule has 0 aliphatic heterocycles. The van der Waals surface area contributed by atoms with Gasteiger partial charge in [0.05, 0.1) is 34.5 Å². The Bertz CT molecular complexity index is 1370. The van der Waals surface area contributed by atoms with Gasteiger partial charge in [0.2, 0.25) is 5.91 Å². The highest BCUT2D eigenvalue weighted by molar-refractivity contribution is 7.18. The van der Waals surface area contributed by atoms with Crippen molar-refractivity contribution >= 4 is 33.1 Å². The molecule has 1 amide bonds. The first kappa shape index (κ1) is 20.6. The van der Waals surface area contributed by atoms with Crippen LogP contribution in [0.15, 0.2) is 41.5 Å². The van der Waals surface area contributed by atoms with Crippen LogP contribution in [0.25, 0.3) is 15.9 Å². The van der Waals surface area contributed by atoms with Gasteiger partial charge in [0.1, 0.15) is 11.4 Å². The van der Waals surface area contributed by atoms with Crippen LogP contribution >= 0.6 is 11.3 Å². The van der Waals surface area contributed by atoms with Gasteiger partial charge in [0.25, 0.3) is 5.56 Å². The van der Waals surface area contributed by atoms with E-state index in [-0.39, 0.29) is 18.0 Å². The van der Waals surface area contributed by atoms with Gasteiger partial charge in [-0.3, -0.25) is 14.2 Å². The standard InChI is InChI=1S/C24H25N5O2S/c1-15-22(16(2)29(27-15)17-9-5-3-6-10-17)26-20(30)13-28-14-25-23-21(24(28)31)18-11-7-4-8-12-19(18)32-23/h3,5-6,9-10,14H,4,7-8,11-13H2,1-2H3,(H,26,30). The average Bonchev–Trinajstić information content (AvgIpc) is 3.17. The summed E-state index contributed by atoms with van der Waals surface area (Å²) in [5.74, 6) is -0.270. The Morgan fingerprint density at radius 2 is 1.91 bits per heavy atom. The molecule has 0 radical (unpaired) electrons. The van der Waals surface area contributed by atoms with Gasteiger partial charge in [-0.1, -0.05) is 24.6 Å². The van der Waals surface area contributed by atoms with Gasteiger partial charge in [-0.25, -0.2) is 9.67 Å². The van der Waals surface area contributed by atoms with Crippen LogP contribution in [-0.4, -0.2) is 25.2 Å². The molecule has 1 aliphatic carbocycles. The number of carbonyl (C=O) groups excluding carboxylic acids is 1. The van der Waals surface area contributed by atoms with Gasteiger partial charge in [-0.15, -0.1) is 11.3 Å². The summed E-state index contributed by atoms with van der Waals surface area (Å²) in [7, 11) is 0. The summed E-state index contributed by atoms with van der Waals surface area (Å²) in [4.78, 5) is 32.7. The second-order valence-corrected chi connectivity index (χ2v) is 9.35. The average molecular weight is 448 g/mol. The van der Waals surface area contributed by atoms with Crippen LogP contribution in [0.1, 0.15) is 41.1 Å². The number of aromatic nitrogens is 4. The predicted molar refractivity (Wildman–Crippen MR) is 127 cm³/mol. The molecule has 5 rings (SSSR count). The van der Waals surface area contributed by atoms with Crippen molar-refractivity contribution in [1.82, 2.24) is 19.3 Å². The molecular formula is C24H25N5O2S. The van der Waals surface area contributed by atoms with Crippen molar-refractivity contribution < 1.29 is 4.79 Å². The number of hydrogen-bond acceptors (Lipinski definition) is 5. The van der Waals surface area contributed by atoms with Crippen LogP contribution in [0.5, 0.6) is 0 Å². The molecule has 1 aliphatic rings. The molecule has 3 heterocycles. The van der Waals surface area contributed by atoms with E-state index in [1.165, 1.54) is 22.2 Å². The van der Waals surface area contributed by atoms with Crippen LogP contribution < -0.4 is 10.9 Å². The van der Waals surface area contributed by atoms with E-state index in [4.69, 9.17) is 0 Å². The normalized spacial score (nSPS) is 13.7. The van der Waals surface area contributed by atoms with Crippen molar-refractivity contribution in [2.24, 2.45) is 0 Å². The molecule has 7 nitrogen and oxygen atoms in total. The molecule has 1 aromatic carbocycles. The summed E-state index contributed by atoms with van der Waals surface area (Å²) in [6.07, 6.45) is 6.87. The number of hydrogen-bond donors (Lipinski definition) is 1. The maximum Gasteiger partial charge on any atom is 0.262 e. The fourth-order valence-corrected chi connectivity index (χ4v) is 5.67. The maximum atomic E-state index is 13.2. The Balaban J connectivity index is 1.41. The molecule has 1 N–H and O–H groups in total. The van der Waals surface area contributed by atoms with Gasteiger partial charge >= 0.3 is 0 Å². The number of aryl methyl sites for hydroxylation is 3. The van der Waals surface area contributed by atoms with Gasteiger partial charge in [-0.05, 0) is 57.2 Å². The fourth-order valence-electron chi connectivity index (χ4n) is 4.45. The predicted octanol–water partition coefficient (Wildman–Crippen LogP) is 4.17. The Labute approximate surface area is 189 Å². The molecule has 0 atom stereocenters. The van der Waals surface area contributed by atoms with Crippen molar-refractivity contribution in [2.75, 3.05) is 5.32 Å². The molecule has 4 aromatic rings. The minimum atomic E-state index is -0.270. The van der Waals surface area contributed by atoms with E-state index in [0.29, 0.717) is 11.1 Å². The fraction of sp³-hybridized carbons (Fsp3) is 0.333. The van der Waals surface area contributed by atoms with E-state index in [1.54, 1.807) is 11.3 Å². The molecule has 32 heavy (non-hydrogen) atoms. The molecule has 0 unspecified atom stereocenters. The van der Waals surface area contributed by atoms with Gasteiger partial charge < -0.3 is 5.32 Å². The number of fused-ring (bicyclic) bond motifs is 3. The highest BCUT2D eigenvalue weighted by Gasteiger charge is 2.20. The molecule has 0 bridgehead atoms. The third kappa shape index (κ3) is 3.64. The third-order valence-electron chi connectivity index (χ3n) is 6.06. The molecule has 0 spiro atoms. The topological polar surface area (TPSA) is 81.8 Å². The molecular weight excluding hydrogens is 422 g/mol. The first-order valence-corrected chi connectivity index (χ1v) is 11.8. The minimum absolute atomic E-state index is 0.0816. The molecule has 8 heteroatoms. The number of rotatable bonds is 4. The van der Waals surface area contributed by atoms with Crippen LogP contribution in [0.3, 0.4) is 0 Å². The molecule has 3 aromatic heterocycles. The lowest BCUT2D eigenvalue weighted by atomic mass is 10.1. The summed E-state index contributed by atoms with van der Waals surface area (Å²) < 4.78 is 3.23. The highest BCUT2D eigenvalue weighted by Crippen LogP contribution is 2.32. The second-order valence-electron chi connectivity index (χ2n) is 8.26. The third-order valence-corrected chi connectivity index (χ3v) is 7.26. The quantitative estimate of drug-likeness (QED) is 0.476. The van der Waals surface area contributed by atoms with Crippen LogP contribution in [0.2, 0.25) is 0 Å². The smallest absolute Gasteiger partial charge is 0.262 e. The zero-order chi connectivity index (χ0) is 22.2. The van der Waals surface area contributed by atoms with Gasteiger partial charge in [0.15, 0.2) is 0 Å². The zero-order valence-electron chi connectivity index (χ0n) is 18.2. The first-order valence-electron chi connectivity index (χ1n) is 10.9. The van der Waals surface area contributed by atoms with E-state index in [2.05, 4.69) is 15.4 Å². The lowest BCUT2D eigenvalue weighted by molar-refractivity contribution is -0.116. The lowest BCUT2D eigenvalue weighted by Gasteiger charge is -2.09. The SMILES string of the molecule is Cc1nn(-c2ccccc2)c(C)c1NC(=O)Cn1cnc2sc3c(c2c1=O)CCCCC3. The second kappa shape index (κ2) is 8.35. The summed E-state index contributed by atoms with van der Waals surface area (Å²) in [6.45, 7) is 3.70. The first-order chi connectivity index (χ1) is 15.5. The van der Waals surface area contributed by atoms with E-state index < -0.39 is 0 Å². The number of para-hydroxylation sites is 1. The van der Waals surface area contributed by atoms with Crippen LogP contribution in [-0.2, 0) is 24.2 Å². The largest absolute Gasteiger partial charge is 0.321 e. The summed E-state index contributed by atoms with van der Waals surface area (Å²) in [6, 6.07) is 9.78. The van der Waals surface area contributed by atoms with Crippen molar-refractivity contribution in [3.63, 3.8) is 0 Å². The van der Waals surface area contributed by atoms with Crippen molar-refractivity contribution in [1.29, 1.82) is 0 Å².